The molecule has 3 aromatic rings. The minimum absolute atomic E-state index is 0. The lowest BCUT2D eigenvalue weighted by molar-refractivity contribution is -0.152. The lowest BCUT2D eigenvalue weighted by Gasteiger charge is -2.33. The van der Waals surface area contributed by atoms with Crippen LogP contribution >= 0.6 is 23.2 Å². The Morgan fingerprint density at radius 2 is 0.934 bits per heavy atom. The van der Waals surface area contributed by atoms with Gasteiger partial charge in [-0.05, 0) is 80.5 Å². The monoisotopic (exact) mass is 899 g/mol. The van der Waals surface area contributed by atoms with E-state index in [1.165, 1.54) is 34.3 Å². The molecule has 5 rings (SSSR count). The number of hydrogen-bond acceptors (Lipinski definition) is 16. The summed E-state index contributed by atoms with van der Waals surface area (Å²) in [5.41, 5.74) is 2.04. The Bertz CT molecular complexity index is 1980. The zero-order valence-electron chi connectivity index (χ0n) is 37.5. The van der Waals surface area contributed by atoms with Crippen molar-refractivity contribution in [2.24, 2.45) is 0 Å². The van der Waals surface area contributed by atoms with Crippen LogP contribution in [0.25, 0.3) is 0 Å². The minimum Gasteiger partial charge on any atom is -0.481 e. The summed E-state index contributed by atoms with van der Waals surface area (Å²) in [6, 6.07) is 4.88. The second-order valence-corrected chi connectivity index (χ2v) is 15.9. The van der Waals surface area contributed by atoms with Crippen molar-refractivity contribution in [2.45, 2.75) is 98.1 Å². The van der Waals surface area contributed by atoms with E-state index in [-0.39, 0.29) is 29.9 Å². The second kappa shape index (κ2) is 21.6. The molecule has 2 fully saturated rings. The van der Waals surface area contributed by atoms with Crippen molar-refractivity contribution in [1.82, 2.24) is 15.0 Å². The van der Waals surface area contributed by atoms with Gasteiger partial charge in [-0.15, -0.1) is 0 Å². The molecule has 0 aromatic carbocycles. The molecular weight excluding hydrogens is 837 g/mol. The topological polar surface area (TPSA) is 174 Å². The molecule has 0 radical (unpaired) electrons. The summed E-state index contributed by atoms with van der Waals surface area (Å²) in [7, 11) is 10.6. The molecule has 0 atom stereocenters. The SMILES string of the molecule is C.COC(=O)c1cc(C2(C)OCCO2)c(C(C)(C)OC)c(OC)n1.COc1nc(Cl)cc(C(C)=O)c1C(C)(C)OC.COc1nc(Cl)cc(C2(C)OCCO2)c1C(C)(C)OC. The maximum absolute atomic E-state index is 11.9. The van der Waals surface area contributed by atoms with Gasteiger partial charge in [0.2, 0.25) is 17.6 Å². The van der Waals surface area contributed by atoms with Crippen molar-refractivity contribution in [2.75, 3.05) is 76.2 Å². The van der Waals surface area contributed by atoms with Crippen LogP contribution < -0.4 is 14.2 Å². The number of methoxy groups -OCH3 is 7. The van der Waals surface area contributed by atoms with E-state index in [2.05, 4.69) is 15.0 Å². The summed E-state index contributed by atoms with van der Waals surface area (Å²) < 4.78 is 60.3. The number of nitrogens with zero attached hydrogens (tertiary/aromatic N) is 3. The third-order valence-corrected chi connectivity index (χ3v) is 10.6. The predicted octanol–water partition coefficient (Wildman–Crippen LogP) is 8.29. The van der Waals surface area contributed by atoms with Crippen molar-refractivity contribution in [1.29, 1.82) is 0 Å². The van der Waals surface area contributed by atoms with E-state index in [1.807, 2.05) is 48.5 Å². The summed E-state index contributed by atoms with van der Waals surface area (Å²) in [5, 5.41) is 0.551. The number of pyridine rings is 3. The van der Waals surface area contributed by atoms with Gasteiger partial charge in [0.25, 0.3) is 0 Å². The van der Waals surface area contributed by atoms with Gasteiger partial charge in [0.15, 0.2) is 23.1 Å². The molecule has 0 unspecified atom stereocenters. The van der Waals surface area contributed by atoms with E-state index in [0.29, 0.717) is 65.6 Å². The number of aromatic nitrogens is 3. The first-order chi connectivity index (χ1) is 28.0. The fourth-order valence-electron chi connectivity index (χ4n) is 6.54. The highest BCUT2D eigenvalue weighted by Crippen LogP contribution is 2.44. The van der Waals surface area contributed by atoms with Crippen molar-refractivity contribution >= 4 is 35.0 Å². The number of carbonyl (C=O) groups excluding carboxylic acids is 2. The van der Waals surface area contributed by atoms with Crippen molar-refractivity contribution in [3.05, 3.63) is 67.6 Å². The van der Waals surface area contributed by atoms with Gasteiger partial charge in [-0.2, -0.15) is 0 Å². The van der Waals surface area contributed by atoms with Crippen molar-refractivity contribution in [3.8, 4) is 17.6 Å². The van der Waals surface area contributed by atoms with Crippen LogP contribution in [-0.4, -0.2) is 103 Å². The van der Waals surface area contributed by atoms with E-state index < -0.39 is 34.3 Å². The van der Waals surface area contributed by atoms with Crippen LogP contribution in [0.5, 0.6) is 17.6 Å². The van der Waals surface area contributed by atoms with E-state index in [4.69, 9.17) is 75.3 Å². The molecule has 0 bridgehead atoms. The van der Waals surface area contributed by atoms with Crippen LogP contribution in [0.15, 0.2) is 18.2 Å². The number of halogens is 2. The molecule has 2 saturated heterocycles. The molecule has 3 aromatic heterocycles. The Morgan fingerprint density at radius 3 is 1.30 bits per heavy atom. The zero-order chi connectivity index (χ0) is 45.4. The summed E-state index contributed by atoms with van der Waals surface area (Å²) >= 11 is 11.9. The van der Waals surface area contributed by atoms with Gasteiger partial charge < -0.3 is 52.1 Å². The molecule has 61 heavy (non-hydrogen) atoms. The average molecular weight is 901 g/mol. The Morgan fingerprint density at radius 1 is 0.590 bits per heavy atom. The molecule has 0 N–H and O–H groups in total. The number of rotatable bonds is 13. The number of carbonyl (C=O) groups is 2. The van der Waals surface area contributed by atoms with Crippen LogP contribution in [0.2, 0.25) is 10.3 Å². The van der Waals surface area contributed by atoms with E-state index in [1.54, 1.807) is 47.5 Å². The van der Waals surface area contributed by atoms with Crippen LogP contribution in [0, 0.1) is 0 Å². The summed E-state index contributed by atoms with van der Waals surface area (Å²) in [6.07, 6.45) is 0. The molecule has 18 heteroatoms. The first kappa shape index (κ1) is 53.4. The molecule has 342 valence electrons. The average Bonchev–Trinajstić information content (AvgIpc) is 3.88. The lowest BCUT2D eigenvalue weighted by Crippen LogP contribution is -2.32. The van der Waals surface area contributed by atoms with Gasteiger partial charge in [0.1, 0.15) is 10.3 Å². The summed E-state index contributed by atoms with van der Waals surface area (Å²) in [5.74, 6) is -1.54. The maximum Gasteiger partial charge on any atom is 0.356 e. The molecule has 0 aliphatic carbocycles. The minimum atomic E-state index is -1.01. The molecule has 0 saturated carbocycles. The Balaban J connectivity index is 0.000000316. The van der Waals surface area contributed by atoms with E-state index in [0.717, 1.165) is 11.1 Å². The number of Topliss-reactive ketones (excluding diaryl/α,β-unsaturated/α-hetero) is 1. The summed E-state index contributed by atoms with van der Waals surface area (Å²) in [6.45, 7) is 18.4. The Hall–Kier alpha value is -3.71. The fourth-order valence-corrected chi connectivity index (χ4v) is 6.91. The molecular formula is C43H63Cl2N3O13. The van der Waals surface area contributed by atoms with Crippen molar-refractivity contribution < 1.29 is 61.7 Å². The largest absolute Gasteiger partial charge is 0.481 e. The smallest absolute Gasteiger partial charge is 0.356 e. The highest BCUT2D eigenvalue weighted by molar-refractivity contribution is 6.30. The quantitative estimate of drug-likeness (QED) is 0.0910. The van der Waals surface area contributed by atoms with Crippen LogP contribution in [0.3, 0.4) is 0 Å². The fraction of sp³-hybridized carbons (Fsp3) is 0.605. The van der Waals surface area contributed by atoms with Gasteiger partial charge >= 0.3 is 5.97 Å². The van der Waals surface area contributed by atoms with Gasteiger partial charge in [-0.3, -0.25) is 4.79 Å². The molecule has 0 amide bonds. The first-order valence-corrected chi connectivity index (χ1v) is 19.6. The molecule has 16 nitrogen and oxygen atoms in total. The third-order valence-electron chi connectivity index (χ3n) is 10.2. The van der Waals surface area contributed by atoms with E-state index in [9.17, 15) is 9.59 Å². The number of hydrogen-bond donors (Lipinski definition) is 0. The zero-order valence-corrected chi connectivity index (χ0v) is 39.0. The predicted molar refractivity (Wildman–Crippen MR) is 229 cm³/mol. The number of ether oxygens (including phenoxy) is 11. The molecule has 5 heterocycles. The molecule has 2 aliphatic rings. The number of ketones is 1. The first-order valence-electron chi connectivity index (χ1n) is 18.9. The van der Waals surface area contributed by atoms with Crippen LogP contribution in [0.4, 0.5) is 0 Å². The van der Waals surface area contributed by atoms with Crippen molar-refractivity contribution in [3.63, 3.8) is 0 Å². The molecule has 0 spiro atoms. The lowest BCUT2D eigenvalue weighted by atomic mass is 9.89. The van der Waals surface area contributed by atoms with Gasteiger partial charge in [-0.1, -0.05) is 30.6 Å². The highest BCUT2D eigenvalue weighted by Gasteiger charge is 2.43. The van der Waals surface area contributed by atoms with Gasteiger partial charge in [0.05, 0.1) is 88.4 Å². The van der Waals surface area contributed by atoms with Gasteiger partial charge in [0, 0.05) is 38.0 Å². The highest BCUT2D eigenvalue weighted by atomic mass is 35.5. The van der Waals surface area contributed by atoms with Gasteiger partial charge in [-0.25, -0.2) is 19.7 Å². The Kier molecular flexibility index (Phi) is 18.9. The third kappa shape index (κ3) is 12.1. The van der Waals surface area contributed by atoms with Crippen LogP contribution in [0.1, 0.15) is 118 Å². The maximum atomic E-state index is 11.9. The molecule has 2 aliphatic heterocycles. The Labute approximate surface area is 370 Å². The summed E-state index contributed by atoms with van der Waals surface area (Å²) in [4.78, 5) is 36.1. The number of esters is 1. The van der Waals surface area contributed by atoms with E-state index >= 15 is 0 Å². The standard InChI is InChI=1S/C16H23NO6.C14H20ClNO4.C12H16ClNO3.CH4/c1-15(2,21-6)12-10(16(3)22-7-8-23-16)9-11(14(18)20-5)17-13(12)19-4;1-13(2,18-5)11-9(14(3)19-6-7-20-14)8-10(15)16-12(11)17-4;1-7(15)8-6-9(13)14-11(16-4)10(8)12(2,3)17-5;/h9H,7-8H2,1-6H3;8H,6-7H2,1-5H3;6H,1-5H3;1H4. The normalized spacial score (nSPS) is 15.6. The van der Waals surface area contributed by atoms with Crippen LogP contribution in [-0.2, 0) is 66.3 Å². The second-order valence-electron chi connectivity index (χ2n) is 15.2.